The Hall–Kier alpha value is -1.80. The van der Waals surface area contributed by atoms with E-state index in [1.807, 2.05) is 21.1 Å². The van der Waals surface area contributed by atoms with Crippen molar-refractivity contribution in [3.63, 3.8) is 0 Å². The molecule has 0 rings (SSSR count). The highest BCUT2D eigenvalue weighted by Crippen LogP contribution is 2.38. The van der Waals surface area contributed by atoms with Gasteiger partial charge in [-0.1, -0.05) is 222 Å². The van der Waals surface area contributed by atoms with Crippen LogP contribution in [0.2, 0.25) is 0 Å². The number of phosphoric ester groups is 1. The van der Waals surface area contributed by atoms with Crippen LogP contribution in [0.3, 0.4) is 0 Å². The fourth-order valence-electron chi connectivity index (χ4n) is 7.28. The monoisotopic (exact) mass is 920 g/mol. The van der Waals surface area contributed by atoms with Gasteiger partial charge in [-0.3, -0.25) is 9.36 Å². The average molecular weight is 920 g/mol. The van der Waals surface area contributed by atoms with Crippen molar-refractivity contribution >= 4 is 13.8 Å². The van der Waals surface area contributed by atoms with Crippen molar-refractivity contribution in [2.24, 2.45) is 0 Å². The number of quaternary nitrogens is 1. The maximum absolute atomic E-state index is 12.8. The molecule has 374 valence electrons. The second-order valence-corrected chi connectivity index (χ2v) is 20.3. The van der Waals surface area contributed by atoms with Crippen molar-refractivity contribution in [1.82, 2.24) is 0 Å². The molecule has 0 fully saturated rings. The standard InChI is InChI=1S/C55H102NO7P/c1-6-8-10-12-14-16-18-20-22-24-25-26-27-28-29-30-31-32-34-36-38-40-42-44-46-48-55(57)63-54(53-62-64(58,59)61-51-49-56(3,4)5)52-60-50-47-45-43-41-39-37-35-33-23-21-19-17-15-13-11-9-7-2/h8,10,14,16,20,22,25-26,28-29,54H,6-7,9,11-13,15,17-19,21,23-24,27,30-53H2,1-5H3/b10-8-,16-14-,22-20-,26-25-,29-28-. The van der Waals surface area contributed by atoms with Crippen LogP contribution in [-0.4, -0.2) is 70.7 Å². The van der Waals surface area contributed by atoms with Crippen LogP contribution >= 0.6 is 7.82 Å². The number of carbonyl (C=O) groups excluding carboxylic acids is 1. The first kappa shape index (κ1) is 62.2. The van der Waals surface area contributed by atoms with E-state index in [-0.39, 0.29) is 25.8 Å². The molecular weight excluding hydrogens is 818 g/mol. The summed E-state index contributed by atoms with van der Waals surface area (Å²) in [6.07, 6.45) is 61.0. The normalized spacial score (nSPS) is 14.0. The number of ether oxygens (including phenoxy) is 2. The van der Waals surface area contributed by atoms with Crippen molar-refractivity contribution in [3.8, 4) is 0 Å². The molecule has 0 heterocycles. The SMILES string of the molecule is CC/C=C\C/C=C\C/C=C\C/C=C\C/C=C\CCCCCCCCCCCC(=O)OC(COCCCCCCCCCCCCCCCCCCC)COP(=O)([O-])OCC[N+](C)(C)C. The minimum atomic E-state index is -4.53. The Morgan fingerprint density at radius 3 is 1.36 bits per heavy atom. The maximum atomic E-state index is 12.8. The minimum Gasteiger partial charge on any atom is -0.756 e. The molecule has 0 saturated heterocycles. The summed E-state index contributed by atoms with van der Waals surface area (Å²) in [5.41, 5.74) is 0. The fourth-order valence-corrected chi connectivity index (χ4v) is 8.01. The number of hydrogen-bond donors (Lipinski definition) is 0. The summed E-state index contributed by atoms with van der Waals surface area (Å²) in [6.45, 7) is 5.32. The summed E-state index contributed by atoms with van der Waals surface area (Å²) in [7, 11) is 1.35. The van der Waals surface area contributed by atoms with Crippen molar-refractivity contribution in [1.29, 1.82) is 0 Å². The third kappa shape index (κ3) is 51.2. The van der Waals surface area contributed by atoms with E-state index in [4.69, 9.17) is 18.5 Å². The lowest BCUT2D eigenvalue weighted by molar-refractivity contribution is -0.870. The molecule has 0 spiro atoms. The summed E-state index contributed by atoms with van der Waals surface area (Å²) < 4.78 is 34.8. The van der Waals surface area contributed by atoms with Crippen LogP contribution in [-0.2, 0) is 27.9 Å². The zero-order valence-electron chi connectivity index (χ0n) is 42.5. The lowest BCUT2D eigenvalue weighted by Crippen LogP contribution is -2.37. The third-order valence-corrected chi connectivity index (χ3v) is 12.3. The van der Waals surface area contributed by atoms with E-state index in [9.17, 15) is 14.3 Å². The summed E-state index contributed by atoms with van der Waals surface area (Å²) in [5.74, 6) is -0.339. The highest BCUT2D eigenvalue weighted by molar-refractivity contribution is 7.45. The topological polar surface area (TPSA) is 94.1 Å². The van der Waals surface area contributed by atoms with E-state index in [0.717, 1.165) is 70.6 Å². The number of likely N-dealkylation sites (N-methyl/N-ethyl adjacent to an activating group) is 1. The van der Waals surface area contributed by atoms with Gasteiger partial charge in [-0.15, -0.1) is 0 Å². The van der Waals surface area contributed by atoms with E-state index in [1.165, 1.54) is 135 Å². The lowest BCUT2D eigenvalue weighted by Gasteiger charge is -2.28. The molecule has 0 aliphatic heterocycles. The molecule has 0 N–H and O–H groups in total. The van der Waals surface area contributed by atoms with Gasteiger partial charge < -0.3 is 27.9 Å². The third-order valence-electron chi connectivity index (χ3n) is 11.3. The largest absolute Gasteiger partial charge is 0.756 e. The summed E-state index contributed by atoms with van der Waals surface area (Å²) >= 11 is 0. The number of carbonyl (C=O) groups is 1. The van der Waals surface area contributed by atoms with Crippen molar-refractivity contribution in [3.05, 3.63) is 60.8 Å². The Balaban J connectivity index is 4.12. The highest BCUT2D eigenvalue weighted by atomic mass is 31.2. The van der Waals surface area contributed by atoms with Gasteiger partial charge in [0, 0.05) is 13.0 Å². The number of phosphoric acid groups is 1. The number of rotatable bonds is 49. The molecule has 0 aromatic rings. The second-order valence-electron chi connectivity index (χ2n) is 18.9. The number of unbranched alkanes of at least 4 members (excludes halogenated alkanes) is 25. The van der Waals surface area contributed by atoms with Crippen LogP contribution in [0, 0.1) is 0 Å². The first-order chi connectivity index (χ1) is 31.1. The molecule has 2 unspecified atom stereocenters. The average Bonchev–Trinajstić information content (AvgIpc) is 3.25. The molecule has 9 heteroatoms. The second kappa shape index (κ2) is 47.7. The molecule has 0 aliphatic carbocycles. The van der Waals surface area contributed by atoms with E-state index in [0.29, 0.717) is 24.1 Å². The molecule has 0 aromatic heterocycles. The Labute approximate surface area is 396 Å². The van der Waals surface area contributed by atoms with Gasteiger partial charge in [0.05, 0.1) is 34.4 Å². The molecule has 8 nitrogen and oxygen atoms in total. The number of allylic oxidation sites excluding steroid dienone is 10. The first-order valence-electron chi connectivity index (χ1n) is 26.5. The molecule has 0 amide bonds. The van der Waals surface area contributed by atoms with Gasteiger partial charge >= 0.3 is 5.97 Å². The molecule has 0 bridgehead atoms. The smallest absolute Gasteiger partial charge is 0.306 e. The minimum absolute atomic E-state index is 0.0242. The Morgan fingerprint density at radius 2 is 0.906 bits per heavy atom. The van der Waals surface area contributed by atoms with E-state index in [1.54, 1.807) is 0 Å². The molecule has 0 radical (unpaired) electrons. The maximum Gasteiger partial charge on any atom is 0.306 e. The molecular formula is C55H102NO7P. The predicted octanol–water partition coefficient (Wildman–Crippen LogP) is 15.8. The van der Waals surface area contributed by atoms with Gasteiger partial charge in [-0.2, -0.15) is 0 Å². The van der Waals surface area contributed by atoms with Gasteiger partial charge in [-0.25, -0.2) is 0 Å². The van der Waals surface area contributed by atoms with Gasteiger partial charge in [-0.05, 0) is 57.8 Å². The van der Waals surface area contributed by atoms with Crippen LogP contribution in [0.25, 0.3) is 0 Å². The number of nitrogens with zero attached hydrogens (tertiary/aromatic N) is 1. The Morgan fingerprint density at radius 1 is 0.500 bits per heavy atom. The van der Waals surface area contributed by atoms with Crippen LogP contribution in [0.5, 0.6) is 0 Å². The van der Waals surface area contributed by atoms with Crippen molar-refractivity contribution < 1.29 is 37.3 Å². The van der Waals surface area contributed by atoms with Gasteiger partial charge in [0.25, 0.3) is 7.82 Å². The van der Waals surface area contributed by atoms with Gasteiger partial charge in [0.2, 0.25) is 0 Å². The first-order valence-corrected chi connectivity index (χ1v) is 28.0. The van der Waals surface area contributed by atoms with Gasteiger partial charge in [0.1, 0.15) is 19.3 Å². The zero-order valence-corrected chi connectivity index (χ0v) is 43.4. The van der Waals surface area contributed by atoms with E-state index >= 15 is 0 Å². The van der Waals surface area contributed by atoms with Crippen LogP contribution in [0.4, 0.5) is 0 Å². The Kier molecular flexibility index (Phi) is 46.3. The van der Waals surface area contributed by atoms with Crippen LogP contribution < -0.4 is 4.89 Å². The predicted molar refractivity (Wildman–Crippen MR) is 273 cm³/mol. The van der Waals surface area contributed by atoms with Crippen molar-refractivity contribution in [2.75, 3.05) is 54.1 Å². The molecule has 0 saturated carbocycles. The number of esters is 1. The highest BCUT2D eigenvalue weighted by Gasteiger charge is 2.20. The summed E-state index contributed by atoms with van der Waals surface area (Å²) in [5, 5.41) is 0. The lowest BCUT2D eigenvalue weighted by atomic mass is 10.0. The van der Waals surface area contributed by atoms with E-state index in [2.05, 4.69) is 74.6 Å². The van der Waals surface area contributed by atoms with Crippen LogP contribution in [0.15, 0.2) is 60.8 Å². The van der Waals surface area contributed by atoms with Crippen molar-refractivity contribution in [2.45, 2.75) is 232 Å². The van der Waals surface area contributed by atoms with Crippen LogP contribution in [0.1, 0.15) is 226 Å². The molecule has 0 aromatic carbocycles. The zero-order chi connectivity index (χ0) is 46.9. The fraction of sp³-hybridized carbons (Fsp3) is 0.800. The quantitative estimate of drug-likeness (QED) is 0.0197. The molecule has 2 atom stereocenters. The van der Waals surface area contributed by atoms with Gasteiger partial charge in [0.15, 0.2) is 0 Å². The molecule has 0 aliphatic rings. The Bertz CT molecular complexity index is 1210. The molecule has 64 heavy (non-hydrogen) atoms. The van der Waals surface area contributed by atoms with E-state index < -0.39 is 13.9 Å². The summed E-state index contributed by atoms with van der Waals surface area (Å²) in [4.78, 5) is 25.2. The number of hydrogen-bond acceptors (Lipinski definition) is 7. The summed E-state index contributed by atoms with van der Waals surface area (Å²) in [6, 6.07) is 0.